The molecule has 2 N–H and O–H groups in total. The summed E-state index contributed by atoms with van der Waals surface area (Å²) < 4.78 is 84.3. The van der Waals surface area contributed by atoms with Gasteiger partial charge in [-0.25, -0.2) is 34.7 Å². The number of hydrogen-bond donors (Lipinski definition) is 2. The van der Waals surface area contributed by atoms with Crippen LogP contribution < -0.4 is 9.44 Å². The summed E-state index contributed by atoms with van der Waals surface area (Å²) in [7, 11) is -12.5. The number of benzene rings is 2. The topological polar surface area (TPSA) is 126 Å². The van der Waals surface area contributed by atoms with Gasteiger partial charge in [-0.2, -0.15) is 0 Å². The third-order valence-electron chi connectivity index (χ3n) is 7.65. The summed E-state index contributed by atoms with van der Waals surface area (Å²) in [5.74, 6) is 0. The fraction of sp³-hybridized carbons (Fsp3) is 0.625. The summed E-state index contributed by atoms with van der Waals surface area (Å²) in [6, 6.07) is 6.79. The second-order valence-corrected chi connectivity index (χ2v) is 17.7. The molecule has 2 rings (SSSR count). The van der Waals surface area contributed by atoms with E-state index in [4.69, 9.17) is 23.2 Å². The van der Waals surface area contributed by atoms with E-state index in [1.807, 2.05) is 0 Å². The Hall–Kier alpha value is -1.21. The summed E-state index contributed by atoms with van der Waals surface area (Å²) in [5.41, 5.74) is 0. The van der Waals surface area contributed by atoms with Gasteiger partial charge in [0.05, 0.1) is 19.8 Å². The van der Waals surface area contributed by atoms with Crippen LogP contribution in [0.15, 0.2) is 56.0 Å². The molecule has 8 nitrogen and oxygen atoms in total. The zero-order valence-electron chi connectivity index (χ0n) is 26.6. The van der Waals surface area contributed by atoms with E-state index in [1.54, 1.807) is 0 Å². The monoisotopic (exact) mass is 724 g/mol. The summed E-state index contributed by atoms with van der Waals surface area (Å²) in [6.07, 6.45) is 16.9. The van der Waals surface area contributed by atoms with Crippen molar-refractivity contribution in [3.8, 4) is 0 Å². The van der Waals surface area contributed by atoms with Gasteiger partial charge in [0.25, 0.3) is 0 Å². The number of unbranched alkanes of at least 4 members (excludes halogenated alkanes) is 14. The van der Waals surface area contributed by atoms with Crippen molar-refractivity contribution in [3.05, 3.63) is 46.4 Å². The molecule has 0 saturated heterocycles. The largest absolute Gasteiger partial charge is 0.242 e. The highest BCUT2D eigenvalue weighted by atomic mass is 35.5. The molecule has 0 aliphatic carbocycles. The van der Waals surface area contributed by atoms with Gasteiger partial charge >= 0.3 is 0 Å². The summed E-state index contributed by atoms with van der Waals surface area (Å²) in [5, 5.41) is -0.246. The van der Waals surface area contributed by atoms with Gasteiger partial charge in [-0.1, -0.05) is 127 Å². The van der Waals surface area contributed by atoms with Crippen molar-refractivity contribution in [3.63, 3.8) is 0 Å². The molecule has 0 unspecified atom stereocenters. The summed E-state index contributed by atoms with van der Waals surface area (Å²) in [6.45, 7) is 4.74. The van der Waals surface area contributed by atoms with E-state index < -0.39 is 29.9 Å². The number of hydrogen-bond acceptors (Lipinski definition) is 6. The molecule has 0 bridgehead atoms. The van der Waals surface area contributed by atoms with Crippen molar-refractivity contribution in [1.82, 2.24) is 9.44 Å². The number of nitrogens with one attached hydrogen (secondary N) is 2. The Labute approximate surface area is 282 Å². The molecule has 2 aromatic carbocycles. The van der Waals surface area contributed by atoms with Crippen molar-refractivity contribution in [1.29, 1.82) is 0 Å². The minimum Gasteiger partial charge on any atom is -0.219 e. The fourth-order valence-electron chi connectivity index (χ4n) is 4.94. The van der Waals surface area contributed by atoms with Gasteiger partial charge in [0.15, 0.2) is 0 Å². The maximum absolute atomic E-state index is 13.6. The average molecular weight is 726 g/mol. The smallest absolute Gasteiger partial charge is 0.219 e. The molecule has 0 aromatic heterocycles. The summed E-state index contributed by atoms with van der Waals surface area (Å²) >= 11 is 12.4. The van der Waals surface area contributed by atoms with Crippen LogP contribution in [0.4, 0.5) is 0 Å². The van der Waals surface area contributed by atoms with Gasteiger partial charge in [-0.3, -0.25) is 0 Å². The molecule has 0 saturated carbocycles. The molecule has 0 spiro atoms. The molecule has 256 valence electrons. The van der Waals surface area contributed by atoms with Crippen LogP contribution in [0, 0.1) is 0 Å². The van der Waals surface area contributed by atoms with Crippen LogP contribution in [0.2, 0.25) is 10.0 Å². The van der Waals surface area contributed by atoms with E-state index in [2.05, 4.69) is 23.3 Å². The molecule has 0 amide bonds. The van der Waals surface area contributed by atoms with Crippen molar-refractivity contribution in [2.24, 2.45) is 0 Å². The Morgan fingerprint density at radius 3 is 1.13 bits per heavy atom. The van der Waals surface area contributed by atoms with E-state index in [9.17, 15) is 25.3 Å². The predicted molar refractivity (Wildman–Crippen MR) is 184 cm³/mol. The maximum Gasteiger partial charge on any atom is 0.242 e. The van der Waals surface area contributed by atoms with Crippen LogP contribution in [-0.4, -0.2) is 38.3 Å². The third kappa shape index (κ3) is 13.4. The van der Waals surface area contributed by atoms with E-state index in [-0.39, 0.29) is 42.7 Å². The van der Waals surface area contributed by atoms with Crippen molar-refractivity contribution in [2.75, 3.05) is 13.1 Å². The SMILES string of the molecule is CCCCCCCCCCNS(=O)(=O)c1cc(S(=O)(=O)c2ccc(Cl)c(S(=O)(=O)NCCCCCCCCCC)c2)ccc1Cl. The standard InChI is InChI=1S/C32H50Cl2N2O6S3/c1-3-5-7-9-11-13-15-17-23-35-44(39,40)31-25-27(19-21-29(31)33)43(37,38)28-20-22-30(34)32(26-28)45(41,42)36-24-18-16-14-12-10-8-6-4-2/h19-22,25-26,35-36H,3-18,23-24H2,1-2H3. The third-order valence-corrected chi connectivity index (χ3v) is 13.3. The van der Waals surface area contributed by atoms with Crippen LogP contribution in [0.5, 0.6) is 0 Å². The van der Waals surface area contributed by atoms with Gasteiger partial charge in [0.2, 0.25) is 29.9 Å². The fourth-order valence-corrected chi connectivity index (χ4v) is 9.59. The molecular formula is C32H50Cl2N2O6S3. The highest BCUT2D eigenvalue weighted by molar-refractivity contribution is 7.92. The first kappa shape index (κ1) is 40.0. The number of sulfonamides is 2. The second-order valence-electron chi connectivity index (χ2n) is 11.4. The first-order chi connectivity index (χ1) is 21.4. The van der Waals surface area contributed by atoms with Gasteiger partial charge in [-0.05, 0) is 49.2 Å². The Morgan fingerprint density at radius 2 is 0.800 bits per heavy atom. The Morgan fingerprint density at radius 1 is 0.489 bits per heavy atom. The van der Waals surface area contributed by atoms with Crippen molar-refractivity contribution in [2.45, 2.75) is 136 Å². The van der Waals surface area contributed by atoms with Crippen molar-refractivity contribution >= 4 is 53.1 Å². The first-order valence-corrected chi connectivity index (χ1v) is 21.4. The van der Waals surface area contributed by atoms with Crippen LogP contribution >= 0.6 is 23.2 Å². The molecule has 0 fully saturated rings. The van der Waals surface area contributed by atoms with Gasteiger partial charge < -0.3 is 0 Å². The zero-order chi connectivity index (χ0) is 33.3. The summed E-state index contributed by atoms with van der Waals surface area (Å²) in [4.78, 5) is -1.40. The molecule has 0 aliphatic rings. The van der Waals surface area contributed by atoms with E-state index in [0.29, 0.717) is 12.8 Å². The molecule has 0 atom stereocenters. The lowest BCUT2D eigenvalue weighted by molar-refractivity contribution is 0.558. The van der Waals surface area contributed by atoms with Crippen LogP contribution in [0.3, 0.4) is 0 Å². The van der Waals surface area contributed by atoms with Gasteiger partial charge in [0.1, 0.15) is 9.79 Å². The van der Waals surface area contributed by atoms with E-state index in [0.717, 1.165) is 50.7 Å². The second kappa shape index (κ2) is 20.2. The van der Waals surface area contributed by atoms with Gasteiger partial charge in [0, 0.05) is 13.1 Å². The molecular weight excluding hydrogens is 675 g/mol. The molecule has 13 heteroatoms. The lowest BCUT2D eigenvalue weighted by Crippen LogP contribution is -2.25. The molecule has 0 aliphatic heterocycles. The number of sulfone groups is 1. The minimum absolute atomic E-state index is 0.123. The normalized spacial score (nSPS) is 12.5. The zero-order valence-corrected chi connectivity index (χ0v) is 30.6. The van der Waals surface area contributed by atoms with Crippen molar-refractivity contribution < 1.29 is 25.3 Å². The van der Waals surface area contributed by atoms with Gasteiger partial charge in [-0.15, -0.1) is 0 Å². The minimum atomic E-state index is -4.32. The molecule has 0 heterocycles. The van der Waals surface area contributed by atoms with Crippen LogP contribution in [-0.2, 0) is 29.9 Å². The Kier molecular flexibility index (Phi) is 18.0. The Balaban J connectivity index is 2.08. The average Bonchev–Trinajstić information content (AvgIpc) is 2.99. The number of rotatable bonds is 24. The van der Waals surface area contributed by atoms with E-state index in [1.165, 1.54) is 75.6 Å². The highest BCUT2D eigenvalue weighted by Gasteiger charge is 2.27. The van der Waals surface area contributed by atoms with Crippen LogP contribution in [0.1, 0.15) is 117 Å². The maximum atomic E-state index is 13.6. The lowest BCUT2D eigenvalue weighted by atomic mass is 10.1. The molecule has 2 aromatic rings. The molecule has 45 heavy (non-hydrogen) atoms. The quantitative estimate of drug-likeness (QED) is 0.104. The number of halogens is 2. The van der Waals surface area contributed by atoms with Crippen LogP contribution in [0.25, 0.3) is 0 Å². The highest BCUT2D eigenvalue weighted by Crippen LogP contribution is 2.31. The first-order valence-electron chi connectivity index (χ1n) is 16.2. The predicted octanol–water partition coefficient (Wildman–Crippen LogP) is 8.66. The van der Waals surface area contributed by atoms with E-state index >= 15 is 0 Å². The Bertz CT molecular complexity index is 1410. The lowest BCUT2D eigenvalue weighted by Gasteiger charge is -2.13. The molecule has 0 radical (unpaired) electrons.